The number of aromatic amines is 1. The normalized spacial score (nSPS) is 25.3. The number of carbonyl (C=O) groups excluding carboxylic acids is 2. The number of amides is 2. The second kappa shape index (κ2) is 11.6. The van der Waals surface area contributed by atoms with Crippen LogP contribution in [0.5, 0.6) is 0 Å². The molecule has 9 heteroatoms. The van der Waals surface area contributed by atoms with E-state index in [1.54, 1.807) is 0 Å². The molecule has 35 heavy (non-hydrogen) atoms. The third-order valence-electron chi connectivity index (χ3n) is 8.74. The number of piperazine rings is 1. The first-order valence-corrected chi connectivity index (χ1v) is 13.4. The van der Waals surface area contributed by atoms with Crippen LogP contribution in [-0.4, -0.2) is 74.2 Å². The summed E-state index contributed by atoms with van der Waals surface area (Å²) in [5.74, 6) is -0.0746. The van der Waals surface area contributed by atoms with Crippen LogP contribution in [0.15, 0.2) is 0 Å². The predicted octanol–water partition coefficient (Wildman–Crippen LogP) is 3.41. The Kier molecular flexibility index (Phi) is 9.27. The molecular formula is C26H44ClN5O3. The van der Waals surface area contributed by atoms with E-state index in [0.29, 0.717) is 19.4 Å². The van der Waals surface area contributed by atoms with Gasteiger partial charge < -0.3 is 15.3 Å². The molecule has 1 saturated carbocycles. The number of nitrogens with zero attached hydrogens (tertiary/aromatic N) is 3. The van der Waals surface area contributed by atoms with E-state index in [0.717, 1.165) is 63.0 Å². The van der Waals surface area contributed by atoms with Gasteiger partial charge in [0.2, 0.25) is 11.8 Å². The molecule has 0 bridgehead atoms. The van der Waals surface area contributed by atoms with E-state index < -0.39 is 17.7 Å². The quantitative estimate of drug-likeness (QED) is 0.522. The van der Waals surface area contributed by atoms with Crippen molar-refractivity contribution in [2.45, 2.75) is 109 Å². The van der Waals surface area contributed by atoms with Crippen LogP contribution < -0.4 is 5.32 Å². The predicted molar refractivity (Wildman–Crippen MR) is 138 cm³/mol. The number of piperidine rings is 1. The molecule has 1 spiro atoms. The summed E-state index contributed by atoms with van der Waals surface area (Å²) in [5, 5.41) is 21.6. The molecule has 2 saturated heterocycles. The highest BCUT2D eigenvalue weighted by Crippen LogP contribution is 2.38. The molecule has 1 aliphatic carbocycles. The molecular weight excluding hydrogens is 466 g/mol. The third-order valence-corrected chi connectivity index (χ3v) is 8.74. The van der Waals surface area contributed by atoms with Crippen LogP contribution in [0, 0.1) is 19.8 Å². The second-order valence-corrected chi connectivity index (χ2v) is 10.8. The molecule has 3 fully saturated rings. The van der Waals surface area contributed by atoms with Crippen LogP contribution in [-0.2, 0) is 9.59 Å². The Morgan fingerprint density at radius 3 is 2.37 bits per heavy atom. The minimum absolute atomic E-state index is 0. The van der Waals surface area contributed by atoms with Crippen LogP contribution in [0.2, 0.25) is 0 Å². The average molecular weight is 510 g/mol. The Bertz CT molecular complexity index is 857. The fraction of sp³-hybridized carbons (Fsp3) is 0.808. The van der Waals surface area contributed by atoms with Gasteiger partial charge in [-0.2, -0.15) is 5.10 Å². The van der Waals surface area contributed by atoms with Gasteiger partial charge in [0.15, 0.2) is 0 Å². The fourth-order valence-corrected chi connectivity index (χ4v) is 6.59. The first-order chi connectivity index (χ1) is 16.3. The lowest BCUT2D eigenvalue weighted by Gasteiger charge is -2.53. The van der Waals surface area contributed by atoms with E-state index in [1.807, 2.05) is 11.8 Å². The summed E-state index contributed by atoms with van der Waals surface area (Å²) in [6.07, 6.45) is 7.47. The zero-order chi connectivity index (χ0) is 24.5. The van der Waals surface area contributed by atoms with Crippen LogP contribution >= 0.6 is 12.4 Å². The maximum Gasteiger partial charge on any atom is 0.248 e. The van der Waals surface area contributed by atoms with Crippen molar-refractivity contribution in [1.82, 2.24) is 25.3 Å². The van der Waals surface area contributed by atoms with Crippen molar-refractivity contribution in [2.75, 3.05) is 19.6 Å². The van der Waals surface area contributed by atoms with Gasteiger partial charge in [-0.1, -0.05) is 32.6 Å². The minimum atomic E-state index is -0.814. The van der Waals surface area contributed by atoms with E-state index in [1.165, 1.54) is 12.0 Å². The summed E-state index contributed by atoms with van der Waals surface area (Å²) in [4.78, 5) is 31.7. The highest BCUT2D eigenvalue weighted by atomic mass is 35.5. The molecule has 2 amide bonds. The van der Waals surface area contributed by atoms with Crippen LogP contribution in [0.25, 0.3) is 0 Å². The van der Waals surface area contributed by atoms with Crippen molar-refractivity contribution in [3.05, 3.63) is 17.0 Å². The lowest BCUT2D eigenvalue weighted by molar-refractivity contribution is -0.166. The van der Waals surface area contributed by atoms with E-state index in [9.17, 15) is 14.7 Å². The Balaban J connectivity index is 0.00000342. The number of nitrogens with one attached hydrogen (secondary N) is 2. The Hall–Kier alpha value is -1.64. The molecule has 1 aromatic rings. The van der Waals surface area contributed by atoms with Gasteiger partial charge in [0, 0.05) is 36.9 Å². The molecule has 8 nitrogen and oxygen atoms in total. The molecule has 3 atom stereocenters. The SMILES string of the molecule is CCCCN1C(=O)[C@@H]([C@H](O)C2CCCCC2)NC(=O)C12CCN(C(C)c1c(C)n[nH]c1C)CC2.Cl. The Morgan fingerprint density at radius 2 is 1.80 bits per heavy atom. The van der Waals surface area contributed by atoms with Crippen molar-refractivity contribution in [3.63, 3.8) is 0 Å². The van der Waals surface area contributed by atoms with Gasteiger partial charge >= 0.3 is 0 Å². The van der Waals surface area contributed by atoms with E-state index in [2.05, 4.69) is 41.2 Å². The summed E-state index contributed by atoms with van der Waals surface area (Å²) in [5.41, 5.74) is 2.50. The Labute approximate surface area is 216 Å². The molecule has 0 aromatic carbocycles. The number of unbranched alkanes of at least 4 members (excludes halogenated alkanes) is 1. The largest absolute Gasteiger partial charge is 0.390 e. The number of rotatable bonds is 7. The number of hydrogen-bond donors (Lipinski definition) is 3. The molecule has 0 radical (unpaired) electrons. The number of likely N-dealkylation sites (tertiary alicyclic amines) is 1. The number of aromatic nitrogens is 2. The van der Waals surface area contributed by atoms with Gasteiger partial charge in [-0.15, -0.1) is 12.4 Å². The number of aliphatic hydroxyl groups excluding tert-OH is 1. The molecule has 4 rings (SSSR count). The van der Waals surface area contributed by atoms with Gasteiger partial charge in [0.25, 0.3) is 0 Å². The van der Waals surface area contributed by atoms with Crippen molar-refractivity contribution in [1.29, 1.82) is 0 Å². The standard InChI is InChI=1S/C26H43N5O3.ClH/c1-5-6-14-31-24(33)22(23(32)20-10-8-7-9-11-20)27-25(34)26(31)12-15-30(16-13-26)19(4)21-17(2)28-29-18(21)3;/h19-20,22-23,32H,5-16H2,1-4H3,(H,27,34)(H,28,29);1H/t19?,22-,23-;/m1./s1. The number of carbonyl (C=O) groups is 2. The van der Waals surface area contributed by atoms with Crippen molar-refractivity contribution in [3.8, 4) is 0 Å². The lowest BCUT2D eigenvalue weighted by Crippen LogP contribution is -2.75. The maximum absolute atomic E-state index is 13.8. The smallest absolute Gasteiger partial charge is 0.248 e. The number of H-pyrrole nitrogens is 1. The maximum atomic E-state index is 13.8. The highest BCUT2D eigenvalue weighted by Gasteiger charge is 2.55. The third kappa shape index (κ3) is 5.25. The van der Waals surface area contributed by atoms with E-state index >= 15 is 0 Å². The number of hydrogen-bond acceptors (Lipinski definition) is 5. The first-order valence-electron chi connectivity index (χ1n) is 13.4. The first kappa shape index (κ1) is 27.9. The lowest BCUT2D eigenvalue weighted by atomic mass is 9.77. The van der Waals surface area contributed by atoms with Gasteiger partial charge in [0.05, 0.1) is 11.8 Å². The number of aryl methyl sites for hydroxylation is 2. The van der Waals surface area contributed by atoms with Crippen molar-refractivity contribution >= 4 is 24.2 Å². The molecule has 3 heterocycles. The monoisotopic (exact) mass is 509 g/mol. The molecule has 198 valence electrons. The van der Waals surface area contributed by atoms with Gasteiger partial charge in [-0.05, 0) is 58.8 Å². The number of halogens is 1. The van der Waals surface area contributed by atoms with Crippen LogP contribution in [0.1, 0.15) is 94.6 Å². The topological polar surface area (TPSA) is 102 Å². The average Bonchev–Trinajstić information content (AvgIpc) is 3.19. The zero-order valence-electron chi connectivity index (χ0n) is 21.8. The Morgan fingerprint density at radius 1 is 1.14 bits per heavy atom. The molecule has 2 aliphatic heterocycles. The number of aliphatic hydroxyl groups is 1. The summed E-state index contributed by atoms with van der Waals surface area (Å²) >= 11 is 0. The summed E-state index contributed by atoms with van der Waals surface area (Å²) in [6, 6.07) is -0.616. The van der Waals surface area contributed by atoms with Crippen LogP contribution in [0.3, 0.4) is 0 Å². The summed E-state index contributed by atoms with van der Waals surface area (Å²) in [7, 11) is 0. The van der Waals surface area contributed by atoms with E-state index in [4.69, 9.17) is 0 Å². The highest BCUT2D eigenvalue weighted by molar-refractivity contribution is 6.00. The molecule has 3 N–H and O–H groups in total. The summed E-state index contributed by atoms with van der Waals surface area (Å²) in [6.45, 7) is 10.4. The second-order valence-electron chi connectivity index (χ2n) is 10.8. The molecule has 1 unspecified atom stereocenters. The summed E-state index contributed by atoms with van der Waals surface area (Å²) < 4.78 is 0. The van der Waals surface area contributed by atoms with Crippen LogP contribution in [0.4, 0.5) is 0 Å². The van der Waals surface area contributed by atoms with Gasteiger partial charge in [0.1, 0.15) is 11.6 Å². The molecule has 3 aliphatic rings. The fourth-order valence-electron chi connectivity index (χ4n) is 6.59. The zero-order valence-corrected chi connectivity index (χ0v) is 22.6. The van der Waals surface area contributed by atoms with E-state index in [-0.39, 0.29) is 36.2 Å². The van der Waals surface area contributed by atoms with Crippen molar-refractivity contribution < 1.29 is 14.7 Å². The van der Waals surface area contributed by atoms with Gasteiger partial charge in [-0.25, -0.2) is 0 Å². The minimum Gasteiger partial charge on any atom is -0.390 e. The van der Waals surface area contributed by atoms with Crippen molar-refractivity contribution in [2.24, 2.45) is 5.92 Å². The van der Waals surface area contributed by atoms with Gasteiger partial charge in [-0.3, -0.25) is 19.6 Å². The molecule has 1 aromatic heterocycles.